The molecule has 0 bridgehead atoms. The van der Waals surface area contributed by atoms with Crippen LogP contribution in [-0.4, -0.2) is 23.9 Å². The lowest BCUT2D eigenvalue weighted by Crippen LogP contribution is -2.31. The number of rotatable bonds is 5. The van der Waals surface area contributed by atoms with Crippen LogP contribution in [0, 0.1) is 6.92 Å². The highest BCUT2D eigenvalue weighted by Gasteiger charge is 2.20. The van der Waals surface area contributed by atoms with Gasteiger partial charge in [-0.25, -0.2) is 0 Å². The molecule has 0 saturated heterocycles. The Morgan fingerprint density at radius 2 is 2.06 bits per heavy atom. The normalized spacial score (nSPS) is 13.5. The van der Waals surface area contributed by atoms with Gasteiger partial charge in [-0.1, -0.05) is 0 Å². The lowest BCUT2D eigenvalue weighted by molar-refractivity contribution is 0.0128. The number of phenolic OH excluding ortho intramolecular Hbond substituents is 1. The summed E-state index contributed by atoms with van der Waals surface area (Å²) in [5.74, 6) is 0.304. The van der Waals surface area contributed by atoms with Crippen LogP contribution in [-0.2, 0) is 4.74 Å². The minimum atomic E-state index is -0.128. The molecule has 0 amide bonds. The summed E-state index contributed by atoms with van der Waals surface area (Å²) in [6.45, 7) is 8.27. The van der Waals surface area contributed by atoms with Gasteiger partial charge in [0.25, 0.3) is 0 Å². The highest BCUT2D eigenvalue weighted by Crippen LogP contribution is 2.23. The molecule has 1 aromatic rings. The molecular weight excluding hydrogens is 214 g/mol. The zero-order valence-electron chi connectivity index (χ0n) is 11.4. The van der Waals surface area contributed by atoms with Gasteiger partial charge >= 0.3 is 0 Å². The minimum Gasteiger partial charge on any atom is -0.508 e. The molecule has 0 aromatic heterocycles. The molecule has 1 atom stereocenters. The van der Waals surface area contributed by atoms with E-state index in [0.717, 1.165) is 17.7 Å². The van der Waals surface area contributed by atoms with E-state index in [0.29, 0.717) is 11.8 Å². The Balaban J connectivity index is 2.65. The first-order chi connectivity index (χ1) is 7.84. The molecule has 2 N–H and O–H groups in total. The Morgan fingerprint density at radius 3 is 2.59 bits per heavy atom. The van der Waals surface area contributed by atoms with E-state index in [-0.39, 0.29) is 5.60 Å². The predicted octanol–water partition coefficient (Wildman–Crippen LogP) is 3.32. The van der Waals surface area contributed by atoms with Gasteiger partial charge in [0.15, 0.2) is 0 Å². The number of hydrogen-bond acceptors (Lipinski definition) is 3. The summed E-state index contributed by atoms with van der Waals surface area (Å²) in [5.41, 5.74) is 1.98. The molecule has 3 heteroatoms. The van der Waals surface area contributed by atoms with Crippen molar-refractivity contribution in [3.05, 3.63) is 23.8 Å². The maximum Gasteiger partial charge on any atom is 0.115 e. The zero-order chi connectivity index (χ0) is 13.1. The summed E-state index contributed by atoms with van der Waals surface area (Å²) in [7, 11) is 1.73. The summed E-state index contributed by atoms with van der Waals surface area (Å²) in [4.78, 5) is 0. The molecule has 3 nitrogen and oxygen atoms in total. The Labute approximate surface area is 104 Å². The summed E-state index contributed by atoms with van der Waals surface area (Å²) in [6, 6.07) is 5.68. The monoisotopic (exact) mass is 237 g/mol. The molecule has 0 aliphatic heterocycles. The summed E-state index contributed by atoms with van der Waals surface area (Å²) < 4.78 is 5.42. The van der Waals surface area contributed by atoms with Crippen LogP contribution in [0.15, 0.2) is 18.2 Å². The van der Waals surface area contributed by atoms with Gasteiger partial charge < -0.3 is 15.2 Å². The van der Waals surface area contributed by atoms with Crippen LogP contribution in [0.3, 0.4) is 0 Å². The summed E-state index contributed by atoms with van der Waals surface area (Å²) >= 11 is 0. The predicted molar refractivity (Wildman–Crippen MR) is 71.6 cm³/mol. The maximum absolute atomic E-state index is 9.35. The number of ether oxygens (including phenoxy) is 1. The van der Waals surface area contributed by atoms with E-state index in [1.54, 1.807) is 19.2 Å². The number of anilines is 1. The van der Waals surface area contributed by atoms with Crippen molar-refractivity contribution in [1.82, 2.24) is 0 Å². The van der Waals surface area contributed by atoms with Crippen molar-refractivity contribution in [2.24, 2.45) is 0 Å². The van der Waals surface area contributed by atoms with Crippen LogP contribution in [0.5, 0.6) is 5.75 Å². The average molecular weight is 237 g/mol. The number of benzene rings is 1. The molecule has 0 spiro atoms. The van der Waals surface area contributed by atoms with Gasteiger partial charge in [0, 0.05) is 18.8 Å². The Hall–Kier alpha value is -1.22. The number of hydrogen-bond donors (Lipinski definition) is 2. The van der Waals surface area contributed by atoms with Crippen LogP contribution in [0.25, 0.3) is 0 Å². The SMILES string of the molecule is COC(C)(C)CC(C)Nc1ccc(O)cc1C. The van der Waals surface area contributed by atoms with Crippen molar-refractivity contribution in [2.75, 3.05) is 12.4 Å². The first-order valence-electron chi connectivity index (χ1n) is 5.95. The first-order valence-corrected chi connectivity index (χ1v) is 5.95. The quantitative estimate of drug-likeness (QED) is 0.772. The fourth-order valence-corrected chi connectivity index (χ4v) is 1.95. The smallest absolute Gasteiger partial charge is 0.115 e. The van der Waals surface area contributed by atoms with Crippen molar-refractivity contribution in [3.63, 3.8) is 0 Å². The number of aromatic hydroxyl groups is 1. The summed E-state index contributed by atoms with van der Waals surface area (Å²) in [5, 5.41) is 12.8. The highest BCUT2D eigenvalue weighted by atomic mass is 16.5. The van der Waals surface area contributed by atoms with E-state index < -0.39 is 0 Å². The number of nitrogens with one attached hydrogen (secondary N) is 1. The molecular formula is C14H23NO2. The minimum absolute atomic E-state index is 0.128. The Bertz CT molecular complexity index is 374. The van der Waals surface area contributed by atoms with Crippen molar-refractivity contribution in [3.8, 4) is 5.75 Å². The molecule has 0 heterocycles. The lowest BCUT2D eigenvalue weighted by Gasteiger charge is -2.28. The molecule has 0 saturated carbocycles. The van der Waals surface area contributed by atoms with Gasteiger partial charge in [-0.05, 0) is 57.9 Å². The zero-order valence-corrected chi connectivity index (χ0v) is 11.4. The Morgan fingerprint density at radius 1 is 1.41 bits per heavy atom. The van der Waals surface area contributed by atoms with Crippen molar-refractivity contribution >= 4 is 5.69 Å². The first kappa shape index (κ1) is 13.8. The highest BCUT2D eigenvalue weighted by molar-refractivity contribution is 5.53. The van der Waals surface area contributed by atoms with E-state index in [4.69, 9.17) is 4.74 Å². The number of aryl methyl sites for hydroxylation is 1. The Kier molecular flexibility index (Phi) is 4.40. The number of methoxy groups -OCH3 is 1. The largest absolute Gasteiger partial charge is 0.508 e. The third-order valence-electron chi connectivity index (χ3n) is 2.96. The molecule has 17 heavy (non-hydrogen) atoms. The van der Waals surface area contributed by atoms with E-state index in [2.05, 4.69) is 26.1 Å². The van der Waals surface area contributed by atoms with Crippen LogP contribution in [0.2, 0.25) is 0 Å². The molecule has 1 aromatic carbocycles. The molecule has 0 fully saturated rings. The third kappa shape index (κ3) is 4.27. The third-order valence-corrected chi connectivity index (χ3v) is 2.96. The van der Waals surface area contributed by atoms with Gasteiger partial charge in [-0.2, -0.15) is 0 Å². The fraction of sp³-hybridized carbons (Fsp3) is 0.571. The average Bonchev–Trinajstić information content (AvgIpc) is 2.21. The molecule has 96 valence electrons. The van der Waals surface area contributed by atoms with Gasteiger partial charge in [-0.3, -0.25) is 0 Å². The second-order valence-electron chi connectivity index (χ2n) is 5.21. The molecule has 0 radical (unpaired) electrons. The van der Waals surface area contributed by atoms with Gasteiger partial charge in [0.2, 0.25) is 0 Å². The van der Waals surface area contributed by atoms with E-state index >= 15 is 0 Å². The van der Waals surface area contributed by atoms with E-state index in [1.165, 1.54) is 0 Å². The summed E-state index contributed by atoms with van der Waals surface area (Å²) in [6.07, 6.45) is 0.920. The van der Waals surface area contributed by atoms with Crippen LogP contribution >= 0.6 is 0 Å². The fourth-order valence-electron chi connectivity index (χ4n) is 1.95. The maximum atomic E-state index is 9.35. The number of phenols is 1. The van der Waals surface area contributed by atoms with Crippen LogP contribution < -0.4 is 5.32 Å². The molecule has 0 aliphatic rings. The second-order valence-corrected chi connectivity index (χ2v) is 5.21. The molecule has 0 aliphatic carbocycles. The van der Waals surface area contributed by atoms with Gasteiger partial charge in [0.1, 0.15) is 5.75 Å². The lowest BCUT2D eigenvalue weighted by atomic mass is 9.99. The molecule has 1 unspecified atom stereocenters. The van der Waals surface area contributed by atoms with E-state index in [9.17, 15) is 5.11 Å². The van der Waals surface area contributed by atoms with Gasteiger partial charge in [0.05, 0.1) is 5.60 Å². The van der Waals surface area contributed by atoms with Gasteiger partial charge in [-0.15, -0.1) is 0 Å². The van der Waals surface area contributed by atoms with Crippen LogP contribution in [0.4, 0.5) is 5.69 Å². The second kappa shape index (κ2) is 5.41. The standard InChI is InChI=1S/C14H23NO2/c1-10-8-12(16)6-7-13(10)15-11(2)9-14(3,4)17-5/h6-8,11,15-16H,9H2,1-5H3. The van der Waals surface area contributed by atoms with Crippen LogP contribution in [0.1, 0.15) is 32.8 Å². The molecule has 1 rings (SSSR count). The van der Waals surface area contributed by atoms with Crippen molar-refractivity contribution in [2.45, 2.75) is 45.8 Å². The van der Waals surface area contributed by atoms with E-state index in [1.807, 2.05) is 13.0 Å². The van der Waals surface area contributed by atoms with Crippen molar-refractivity contribution < 1.29 is 9.84 Å². The van der Waals surface area contributed by atoms with Crippen molar-refractivity contribution in [1.29, 1.82) is 0 Å². The topological polar surface area (TPSA) is 41.5 Å².